The summed E-state index contributed by atoms with van der Waals surface area (Å²) in [6.45, 7) is 2.85. The number of amides is 1. The number of methoxy groups -OCH3 is 1. The number of fused-ring (bicyclic) bond motifs is 1. The molecule has 7 nitrogen and oxygen atoms in total. The zero-order chi connectivity index (χ0) is 28.6. The SMILES string of the molecule is CCn1cc(-c2c(F)cccc2[C@@H]2CN(C(=O)/C=C/[C@@H]3C[C@H](OC)CN3)Cc3sc(C#N)cc32)c(C(F)(F)F)n1. The highest BCUT2D eigenvalue weighted by Crippen LogP contribution is 2.45. The monoisotopic (exact) mass is 573 g/mol. The topological polar surface area (TPSA) is 83.2 Å². The molecular weight excluding hydrogens is 546 g/mol. The molecule has 1 N–H and O–H groups in total. The average molecular weight is 574 g/mol. The molecule has 0 aliphatic carbocycles. The third kappa shape index (κ3) is 5.41. The van der Waals surface area contributed by atoms with Crippen LogP contribution in [0.25, 0.3) is 11.1 Å². The normalized spacial score (nSPS) is 21.1. The van der Waals surface area contributed by atoms with Gasteiger partial charge in [0.2, 0.25) is 5.91 Å². The molecule has 0 unspecified atom stereocenters. The Hall–Kier alpha value is -3.53. The predicted molar refractivity (Wildman–Crippen MR) is 141 cm³/mol. The van der Waals surface area contributed by atoms with Crippen LogP contribution in [0.5, 0.6) is 0 Å². The van der Waals surface area contributed by atoms with Crippen LogP contribution in [0.15, 0.2) is 42.6 Å². The van der Waals surface area contributed by atoms with Crippen LogP contribution in [-0.2, 0) is 28.8 Å². The van der Waals surface area contributed by atoms with Gasteiger partial charge in [-0.05, 0) is 36.6 Å². The molecule has 1 fully saturated rings. The van der Waals surface area contributed by atoms with Crippen molar-refractivity contribution in [2.24, 2.45) is 0 Å². The highest BCUT2D eigenvalue weighted by atomic mass is 32.1. The van der Waals surface area contributed by atoms with Crippen LogP contribution in [0, 0.1) is 17.1 Å². The van der Waals surface area contributed by atoms with E-state index in [1.54, 1.807) is 37.1 Å². The van der Waals surface area contributed by atoms with Gasteiger partial charge in [-0.25, -0.2) is 4.39 Å². The highest BCUT2D eigenvalue weighted by molar-refractivity contribution is 7.12. The second-order valence-electron chi connectivity index (χ2n) is 9.79. The standard InChI is InChI=1S/C28H27F4N5O2S/c1-3-37-14-22(27(35-37)28(30,31)32)26-19(5-4-6-23(26)29)21-13-36(15-24-20(21)10-18(11-33)40-24)25(38)8-7-16-9-17(39-2)12-34-16/h4-8,10,14,16-17,21,34H,3,9,12-13,15H2,1-2H3/b8-7+/t16-,17+,21+/m1/s1. The zero-order valence-corrected chi connectivity index (χ0v) is 22.7. The van der Waals surface area contributed by atoms with E-state index in [2.05, 4.69) is 16.5 Å². The molecule has 210 valence electrons. The smallest absolute Gasteiger partial charge is 0.380 e. The highest BCUT2D eigenvalue weighted by Gasteiger charge is 2.40. The van der Waals surface area contributed by atoms with Gasteiger partial charge in [0.25, 0.3) is 0 Å². The molecule has 12 heteroatoms. The van der Waals surface area contributed by atoms with Crippen molar-refractivity contribution in [1.29, 1.82) is 5.26 Å². The van der Waals surface area contributed by atoms with Gasteiger partial charge in [0, 0.05) is 67.0 Å². The van der Waals surface area contributed by atoms with E-state index < -0.39 is 23.6 Å². The Labute approximate surface area is 232 Å². The number of ether oxygens (including phenoxy) is 1. The number of aryl methyl sites for hydroxylation is 1. The van der Waals surface area contributed by atoms with E-state index in [1.165, 1.54) is 29.7 Å². The summed E-state index contributed by atoms with van der Waals surface area (Å²) in [6, 6.07) is 7.92. The Bertz CT molecular complexity index is 1490. The van der Waals surface area contributed by atoms with Gasteiger partial charge in [-0.1, -0.05) is 18.2 Å². The Morgan fingerprint density at radius 3 is 2.83 bits per heavy atom. The Balaban J connectivity index is 1.56. The Morgan fingerprint density at radius 1 is 1.35 bits per heavy atom. The van der Waals surface area contributed by atoms with Crippen molar-refractivity contribution in [2.45, 2.75) is 50.7 Å². The number of nitrogens with zero attached hydrogens (tertiary/aromatic N) is 4. The third-order valence-electron chi connectivity index (χ3n) is 7.35. The minimum absolute atomic E-state index is 0.0253. The van der Waals surface area contributed by atoms with Crippen molar-refractivity contribution >= 4 is 17.2 Å². The van der Waals surface area contributed by atoms with Crippen LogP contribution in [-0.4, -0.2) is 52.9 Å². The number of carbonyl (C=O) groups excluding carboxylic acids is 1. The quantitative estimate of drug-likeness (QED) is 0.329. The van der Waals surface area contributed by atoms with Gasteiger partial charge in [-0.2, -0.15) is 23.5 Å². The number of hydrogen-bond acceptors (Lipinski definition) is 6. The van der Waals surface area contributed by atoms with Gasteiger partial charge in [-0.15, -0.1) is 11.3 Å². The van der Waals surface area contributed by atoms with E-state index in [0.29, 0.717) is 22.5 Å². The molecule has 3 atom stereocenters. The third-order valence-corrected chi connectivity index (χ3v) is 8.39. The molecule has 1 saturated heterocycles. The molecule has 2 aliphatic heterocycles. The fraction of sp³-hybridized carbons (Fsp3) is 0.393. The molecule has 0 spiro atoms. The van der Waals surface area contributed by atoms with Gasteiger partial charge in [-0.3, -0.25) is 9.48 Å². The number of rotatable bonds is 6. The van der Waals surface area contributed by atoms with Crippen LogP contribution in [0.4, 0.5) is 17.6 Å². The van der Waals surface area contributed by atoms with Gasteiger partial charge in [0.15, 0.2) is 5.69 Å². The number of carbonyl (C=O) groups is 1. The lowest BCUT2D eigenvalue weighted by Gasteiger charge is -2.33. The predicted octanol–water partition coefficient (Wildman–Crippen LogP) is 5.07. The zero-order valence-electron chi connectivity index (χ0n) is 21.8. The number of thiophene rings is 1. The van der Waals surface area contributed by atoms with E-state index >= 15 is 4.39 Å². The largest absolute Gasteiger partial charge is 0.435 e. The molecule has 1 aromatic carbocycles. The van der Waals surface area contributed by atoms with Crippen LogP contribution in [0.3, 0.4) is 0 Å². The number of benzene rings is 1. The summed E-state index contributed by atoms with van der Waals surface area (Å²) >= 11 is 1.22. The maximum absolute atomic E-state index is 15.5. The fourth-order valence-electron chi connectivity index (χ4n) is 5.36. The van der Waals surface area contributed by atoms with Crippen molar-refractivity contribution in [3.8, 4) is 17.2 Å². The van der Waals surface area contributed by atoms with Gasteiger partial charge < -0.3 is 15.0 Å². The summed E-state index contributed by atoms with van der Waals surface area (Å²) in [4.78, 5) is 16.0. The molecule has 0 bridgehead atoms. The molecule has 0 radical (unpaired) electrons. The van der Waals surface area contributed by atoms with Crippen molar-refractivity contribution in [2.75, 3.05) is 20.2 Å². The summed E-state index contributed by atoms with van der Waals surface area (Å²) < 4.78 is 63.9. The minimum atomic E-state index is -4.80. The molecule has 3 aromatic rings. The first-order valence-corrected chi connectivity index (χ1v) is 13.6. The molecule has 0 saturated carbocycles. The minimum Gasteiger partial charge on any atom is -0.380 e. The average Bonchev–Trinajstić information content (AvgIpc) is 3.68. The first-order chi connectivity index (χ1) is 19.1. The van der Waals surface area contributed by atoms with E-state index in [4.69, 9.17) is 4.74 Å². The van der Waals surface area contributed by atoms with Crippen LogP contribution in [0.2, 0.25) is 0 Å². The summed E-state index contributed by atoms with van der Waals surface area (Å²) in [6.07, 6.45) is 0.456. The maximum Gasteiger partial charge on any atom is 0.435 e. The number of nitrogens with one attached hydrogen (secondary N) is 1. The number of alkyl halides is 3. The summed E-state index contributed by atoms with van der Waals surface area (Å²) in [5, 5.41) is 16.5. The second kappa shape index (κ2) is 11.2. The molecule has 2 aliphatic rings. The number of halogens is 4. The lowest BCUT2D eigenvalue weighted by Crippen LogP contribution is -2.37. The molecule has 1 amide bonds. The molecule has 5 rings (SSSR count). The Kier molecular flexibility index (Phi) is 7.81. The molecule has 2 aromatic heterocycles. The number of hydrogen-bond donors (Lipinski definition) is 1. The molecule has 4 heterocycles. The van der Waals surface area contributed by atoms with Gasteiger partial charge >= 0.3 is 6.18 Å². The van der Waals surface area contributed by atoms with Crippen molar-refractivity contribution in [1.82, 2.24) is 20.0 Å². The van der Waals surface area contributed by atoms with Crippen molar-refractivity contribution in [3.05, 3.63) is 75.0 Å². The van der Waals surface area contributed by atoms with E-state index in [9.17, 15) is 23.2 Å². The first kappa shape index (κ1) is 28.0. The number of nitriles is 1. The van der Waals surface area contributed by atoms with Crippen molar-refractivity contribution < 1.29 is 27.1 Å². The van der Waals surface area contributed by atoms with Crippen molar-refractivity contribution in [3.63, 3.8) is 0 Å². The summed E-state index contributed by atoms with van der Waals surface area (Å²) in [5.74, 6) is -1.75. The van der Waals surface area contributed by atoms with Gasteiger partial charge in [0.1, 0.15) is 16.8 Å². The summed E-state index contributed by atoms with van der Waals surface area (Å²) in [5.41, 5.74) is -0.734. The Morgan fingerprint density at radius 2 is 2.15 bits per heavy atom. The second-order valence-corrected chi connectivity index (χ2v) is 10.9. The van der Waals surface area contributed by atoms with Crippen LogP contribution < -0.4 is 5.32 Å². The molecular formula is C28H27F4N5O2S. The van der Waals surface area contributed by atoms with E-state index in [1.807, 2.05) is 0 Å². The molecule has 40 heavy (non-hydrogen) atoms. The van der Waals surface area contributed by atoms with Crippen LogP contribution in [0.1, 0.15) is 45.8 Å². The lowest BCUT2D eigenvalue weighted by molar-refractivity contribution is -0.141. The van der Waals surface area contributed by atoms with Gasteiger partial charge in [0.05, 0.1) is 12.6 Å². The summed E-state index contributed by atoms with van der Waals surface area (Å²) in [7, 11) is 1.64. The lowest BCUT2D eigenvalue weighted by atomic mass is 9.83. The van der Waals surface area contributed by atoms with Crippen LogP contribution >= 0.6 is 11.3 Å². The maximum atomic E-state index is 15.5. The fourth-order valence-corrected chi connectivity index (χ4v) is 6.40. The number of aromatic nitrogens is 2. The first-order valence-electron chi connectivity index (χ1n) is 12.8. The van der Waals surface area contributed by atoms with E-state index in [-0.39, 0.29) is 48.8 Å². The van der Waals surface area contributed by atoms with E-state index in [0.717, 1.165) is 22.0 Å².